The van der Waals surface area contributed by atoms with E-state index in [0.717, 1.165) is 0 Å². The van der Waals surface area contributed by atoms with Gasteiger partial charge in [0.15, 0.2) is 5.78 Å². The van der Waals surface area contributed by atoms with Crippen molar-refractivity contribution in [2.75, 3.05) is 0 Å². The van der Waals surface area contributed by atoms with Crippen LogP contribution in [0.25, 0.3) is 6.08 Å². The lowest BCUT2D eigenvalue weighted by atomic mass is 9.81. The highest BCUT2D eigenvalue weighted by Crippen LogP contribution is 2.30. The van der Waals surface area contributed by atoms with Gasteiger partial charge >= 0.3 is 0 Å². The van der Waals surface area contributed by atoms with Gasteiger partial charge in [0, 0.05) is 16.7 Å². The monoisotopic (exact) mass is 326 g/mol. The van der Waals surface area contributed by atoms with E-state index < -0.39 is 23.0 Å². The van der Waals surface area contributed by atoms with Crippen molar-refractivity contribution < 1.29 is 19.5 Å². The summed E-state index contributed by atoms with van der Waals surface area (Å²) < 4.78 is 0. The molecule has 4 nitrogen and oxygen atoms in total. The van der Waals surface area contributed by atoms with Crippen LogP contribution in [-0.4, -0.2) is 28.1 Å². The number of rotatable bonds is 4. The summed E-state index contributed by atoms with van der Waals surface area (Å²) in [5, 5.41) is 9.74. The smallest absolute Gasteiger partial charge is 0.234 e. The lowest BCUT2D eigenvalue weighted by Crippen LogP contribution is -2.26. The molecule has 0 radical (unpaired) electrons. The second-order valence-corrected chi connectivity index (χ2v) is 6.99. The molecule has 1 aliphatic carbocycles. The van der Waals surface area contributed by atoms with Gasteiger partial charge in [-0.3, -0.25) is 14.4 Å². The maximum atomic E-state index is 12.6. The summed E-state index contributed by atoms with van der Waals surface area (Å²) in [4.78, 5) is 37.5. The van der Waals surface area contributed by atoms with Crippen LogP contribution in [0.5, 0.6) is 0 Å². The van der Waals surface area contributed by atoms with Crippen molar-refractivity contribution in [3.8, 4) is 0 Å². The van der Waals surface area contributed by atoms with Crippen molar-refractivity contribution >= 4 is 23.4 Å². The molecule has 0 bridgehead atoms. The molecule has 0 saturated carbocycles. The molecule has 1 aromatic carbocycles. The van der Waals surface area contributed by atoms with E-state index in [1.807, 2.05) is 13.8 Å². The normalized spacial score (nSPS) is 15.0. The number of carbonyl (C=O) groups is 3. The van der Waals surface area contributed by atoms with Gasteiger partial charge in [0.25, 0.3) is 0 Å². The summed E-state index contributed by atoms with van der Waals surface area (Å²) in [6.45, 7) is 8.54. The molecule has 0 fully saturated rings. The number of aryl methyl sites for hydroxylation is 1. The third-order valence-electron chi connectivity index (χ3n) is 3.96. The first-order valence-corrected chi connectivity index (χ1v) is 7.93. The number of aliphatic hydroxyl groups is 1. The zero-order valence-corrected chi connectivity index (χ0v) is 14.6. The summed E-state index contributed by atoms with van der Waals surface area (Å²) in [7, 11) is 0. The molecule has 1 N–H and O–H groups in total. The fourth-order valence-electron chi connectivity index (χ4n) is 2.67. The lowest BCUT2D eigenvalue weighted by molar-refractivity contribution is -0.112. The second-order valence-electron chi connectivity index (χ2n) is 6.99. The van der Waals surface area contributed by atoms with E-state index in [2.05, 4.69) is 0 Å². The van der Waals surface area contributed by atoms with E-state index in [1.54, 1.807) is 39.0 Å². The van der Waals surface area contributed by atoms with Crippen LogP contribution in [0.1, 0.15) is 59.5 Å². The van der Waals surface area contributed by atoms with Gasteiger partial charge in [0.2, 0.25) is 11.6 Å². The van der Waals surface area contributed by atoms with Gasteiger partial charge in [0.1, 0.15) is 0 Å². The molecule has 0 unspecified atom stereocenters. The van der Waals surface area contributed by atoms with Crippen LogP contribution in [-0.2, 0) is 4.79 Å². The Hall–Kier alpha value is -2.33. The zero-order chi connectivity index (χ0) is 18.2. The Labute approximate surface area is 141 Å². The maximum Gasteiger partial charge on any atom is 0.234 e. The third kappa shape index (κ3) is 3.44. The molecule has 0 heterocycles. The Morgan fingerprint density at radius 3 is 2.33 bits per heavy atom. The minimum atomic E-state index is -1.14. The van der Waals surface area contributed by atoms with E-state index in [1.165, 1.54) is 12.2 Å². The van der Waals surface area contributed by atoms with Gasteiger partial charge < -0.3 is 5.11 Å². The highest BCUT2D eigenvalue weighted by molar-refractivity contribution is 6.53. The average Bonchev–Trinajstić information content (AvgIpc) is 2.47. The maximum absolute atomic E-state index is 12.6. The van der Waals surface area contributed by atoms with Crippen molar-refractivity contribution in [2.45, 2.75) is 40.2 Å². The highest BCUT2D eigenvalue weighted by atomic mass is 16.3. The summed E-state index contributed by atoms with van der Waals surface area (Å²) in [5.41, 5.74) is 0.931. The number of allylic oxidation sites excluding steroid dienone is 2. The molecular weight excluding hydrogens is 304 g/mol. The number of Topliss-reactive ketones (excluding diaryl/α,β-unsaturated/α-hetero) is 2. The van der Waals surface area contributed by atoms with E-state index in [-0.39, 0.29) is 17.0 Å². The fourth-order valence-corrected chi connectivity index (χ4v) is 2.67. The number of fused-ring (bicyclic) bond motifs is 1. The summed E-state index contributed by atoms with van der Waals surface area (Å²) in [5.74, 6) is -1.65. The molecule has 0 atom stereocenters. The summed E-state index contributed by atoms with van der Waals surface area (Å²) in [6.07, 6.45) is 4.32. The van der Waals surface area contributed by atoms with Gasteiger partial charge in [-0.15, -0.1) is 0 Å². The van der Waals surface area contributed by atoms with Crippen molar-refractivity contribution in [2.24, 2.45) is 5.92 Å². The van der Waals surface area contributed by atoms with E-state index >= 15 is 0 Å². The first-order chi connectivity index (χ1) is 11.0. The number of hydrogen-bond donors (Lipinski definition) is 1. The van der Waals surface area contributed by atoms with E-state index in [4.69, 9.17) is 0 Å². The van der Waals surface area contributed by atoms with Crippen molar-refractivity contribution in [3.63, 3.8) is 0 Å². The molecule has 0 spiro atoms. The number of hydrogen-bond acceptors (Lipinski definition) is 4. The molecular formula is C20H22O4. The molecule has 0 aliphatic heterocycles. The Kier molecular flexibility index (Phi) is 4.72. The van der Waals surface area contributed by atoms with Crippen molar-refractivity contribution in [3.05, 3.63) is 52.1 Å². The number of carbonyl (C=O) groups excluding carboxylic acids is 3. The number of benzene rings is 1. The summed E-state index contributed by atoms with van der Waals surface area (Å²) in [6, 6.07) is 3.52. The van der Waals surface area contributed by atoms with Gasteiger partial charge in [-0.05, 0) is 56.0 Å². The Bertz CT molecular complexity index is 787. The first-order valence-electron chi connectivity index (χ1n) is 7.93. The Morgan fingerprint density at radius 2 is 1.79 bits per heavy atom. The van der Waals surface area contributed by atoms with Crippen LogP contribution in [0.4, 0.5) is 0 Å². The molecule has 4 heteroatoms. The van der Waals surface area contributed by atoms with Crippen LogP contribution in [0, 0.1) is 12.8 Å². The second kappa shape index (κ2) is 6.29. The standard InChI is InChI=1S/C20H22O4/c1-11(2)14-10-13-7-6-12(3)16(17(13)19(23)18(14)22)15(21)8-9-20(4,5)24/h6-11,24H,1-5H3/b9-8+. The minimum Gasteiger partial charge on any atom is -0.386 e. The molecule has 24 heavy (non-hydrogen) atoms. The summed E-state index contributed by atoms with van der Waals surface area (Å²) >= 11 is 0. The predicted octanol–water partition coefficient (Wildman–Crippen LogP) is 3.31. The zero-order valence-electron chi connectivity index (χ0n) is 14.6. The fraction of sp³-hybridized carbons (Fsp3) is 0.350. The van der Waals surface area contributed by atoms with Gasteiger partial charge in [-0.1, -0.05) is 26.0 Å². The predicted molar refractivity (Wildman–Crippen MR) is 93.1 cm³/mol. The Morgan fingerprint density at radius 1 is 1.17 bits per heavy atom. The van der Waals surface area contributed by atoms with Gasteiger partial charge in [0.05, 0.1) is 5.60 Å². The molecule has 2 rings (SSSR count). The largest absolute Gasteiger partial charge is 0.386 e. The average molecular weight is 326 g/mol. The molecule has 1 aliphatic rings. The van der Waals surface area contributed by atoms with Gasteiger partial charge in [-0.2, -0.15) is 0 Å². The number of ketones is 3. The van der Waals surface area contributed by atoms with Crippen molar-refractivity contribution in [1.82, 2.24) is 0 Å². The molecule has 0 saturated heterocycles. The quantitative estimate of drug-likeness (QED) is 0.523. The van der Waals surface area contributed by atoms with Crippen LogP contribution in [0.2, 0.25) is 0 Å². The first kappa shape index (κ1) is 18.0. The Balaban J connectivity index is 2.64. The van der Waals surface area contributed by atoms with E-state index in [0.29, 0.717) is 16.7 Å². The highest BCUT2D eigenvalue weighted by Gasteiger charge is 2.32. The lowest BCUT2D eigenvalue weighted by Gasteiger charge is -2.20. The van der Waals surface area contributed by atoms with Crippen molar-refractivity contribution in [1.29, 1.82) is 0 Å². The SMILES string of the molecule is Cc1ccc2c(c1C(=O)/C=C/C(C)(C)O)C(=O)C(=O)C(C(C)C)=C2. The molecule has 1 aromatic rings. The van der Waals surface area contributed by atoms with Crippen LogP contribution >= 0.6 is 0 Å². The minimum absolute atomic E-state index is 0.0647. The van der Waals surface area contributed by atoms with Crippen LogP contribution < -0.4 is 0 Å². The molecule has 0 aromatic heterocycles. The van der Waals surface area contributed by atoms with Crippen LogP contribution in [0.3, 0.4) is 0 Å². The third-order valence-corrected chi connectivity index (χ3v) is 3.96. The van der Waals surface area contributed by atoms with E-state index in [9.17, 15) is 19.5 Å². The topological polar surface area (TPSA) is 71.4 Å². The van der Waals surface area contributed by atoms with Crippen LogP contribution in [0.15, 0.2) is 29.9 Å². The molecule has 126 valence electrons. The molecule has 0 amide bonds. The van der Waals surface area contributed by atoms with Gasteiger partial charge in [-0.25, -0.2) is 0 Å².